The van der Waals surface area contributed by atoms with Crippen LogP contribution >= 0.6 is 0 Å². The minimum absolute atomic E-state index is 0.102. The molecule has 0 aromatic carbocycles. The van der Waals surface area contributed by atoms with Crippen LogP contribution in [0.2, 0.25) is 0 Å². The van der Waals surface area contributed by atoms with Crippen LogP contribution in [0.4, 0.5) is 0 Å². The summed E-state index contributed by atoms with van der Waals surface area (Å²) in [5.41, 5.74) is 5.33. The summed E-state index contributed by atoms with van der Waals surface area (Å²) in [7, 11) is 1.81. The van der Waals surface area contributed by atoms with E-state index in [1.807, 2.05) is 7.05 Å². The number of carbonyl (C=O) groups excluding carboxylic acids is 1. The highest BCUT2D eigenvalue weighted by Gasteiger charge is 2.25. The molecule has 2 fully saturated rings. The van der Waals surface area contributed by atoms with Crippen molar-refractivity contribution in [2.45, 2.75) is 44.6 Å². The zero-order valence-corrected chi connectivity index (χ0v) is 11.1. The van der Waals surface area contributed by atoms with Crippen LogP contribution in [0.15, 0.2) is 4.99 Å². The molecule has 2 aliphatic rings. The lowest BCUT2D eigenvalue weighted by molar-refractivity contribution is -0.122. The van der Waals surface area contributed by atoms with Gasteiger partial charge in [-0.3, -0.25) is 9.79 Å². The van der Waals surface area contributed by atoms with Gasteiger partial charge in [-0.25, -0.2) is 0 Å². The van der Waals surface area contributed by atoms with Gasteiger partial charge in [0.05, 0.1) is 0 Å². The van der Waals surface area contributed by atoms with Gasteiger partial charge in [0.2, 0.25) is 5.91 Å². The van der Waals surface area contributed by atoms with Crippen molar-refractivity contribution >= 4 is 11.9 Å². The van der Waals surface area contributed by atoms with E-state index in [1.165, 1.54) is 12.8 Å². The lowest BCUT2D eigenvalue weighted by Crippen LogP contribution is -2.41. The topological polar surface area (TPSA) is 79.5 Å². The van der Waals surface area contributed by atoms with E-state index in [1.54, 1.807) is 0 Å². The average Bonchev–Trinajstić information content (AvgIpc) is 3.18. The number of hydrogen-bond acceptors (Lipinski definition) is 2. The van der Waals surface area contributed by atoms with Crippen LogP contribution in [0, 0.1) is 11.8 Å². The van der Waals surface area contributed by atoms with E-state index in [0.29, 0.717) is 12.0 Å². The van der Waals surface area contributed by atoms with Gasteiger partial charge in [-0.15, -0.1) is 0 Å². The predicted octanol–water partition coefficient (Wildman–Crippen LogP) is 0.606. The number of rotatable bonds is 4. The first-order valence-corrected chi connectivity index (χ1v) is 6.95. The number of primary amides is 1. The first-order valence-electron chi connectivity index (χ1n) is 6.95. The van der Waals surface area contributed by atoms with Crippen LogP contribution in [-0.2, 0) is 4.79 Å². The van der Waals surface area contributed by atoms with Crippen molar-refractivity contribution in [2.24, 2.45) is 22.6 Å². The fraction of sp³-hybridized carbons (Fsp3) is 0.846. The third-order valence-electron chi connectivity index (χ3n) is 3.95. The van der Waals surface area contributed by atoms with Crippen LogP contribution in [0.25, 0.3) is 0 Å². The maximum atomic E-state index is 11.1. The van der Waals surface area contributed by atoms with Gasteiger partial charge in [0, 0.05) is 25.6 Å². The number of aliphatic imine (C=N–C) groups is 1. The second kappa shape index (κ2) is 6.07. The quantitative estimate of drug-likeness (QED) is 0.506. The van der Waals surface area contributed by atoms with Gasteiger partial charge in [-0.2, -0.15) is 0 Å². The van der Waals surface area contributed by atoms with Gasteiger partial charge >= 0.3 is 0 Å². The summed E-state index contributed by atoms with van der Waals surface area (Å²) >= 11 is 0. The Kier molecular flexibility index (Phi) is 4.44. The summed E-state index contributed by atoms with van der Waals surface area (Å²) in [6.07, 6.45) is 6.56. The van der Waals surface area contributed by atoms with E-state index in [4.69, 9.17) is 5.73 Å². The van der Waals surface area contributed by atoms with Gasteiger partial charge in [0.25, 0.3) is 0 Å². The number of hydrogen-bond donors (Lipinski definition) is 3. The van der Waals surface area contributed by atoms with Gasteiger partial charge in [0.1, 0.15) is 0 Å². The van der Waals surface area contributed by atoms with E-state index < -0.39 is 0 Å². The van der Waals surface area contributed by atoms with Gasteiger partial charge in [0.15, 0.2) is 5.96 Å². The highest BCUT2D eigenvalue weighted by atomic mass is 16.1. The fourth-order valence-electron chi connectivity index (χ4n) is 2.51. The molecule has 0 aromatic rings. The van der Waals surface area contributed by atoms with Crippen LogP contribution in [0.5, 0.6) is 0 Å². The second-order valence-corrected chi connectivity index (χ2v) is 5.49. The van der Waals surface area contributed by atoms with Crippen molar-refractivity contribution in [3.8, 4) is 0 Å². The molecule has 0 bridgehead atoms. The normalized spacial score (nSPS) is 28.8. The van der Waals surface area contributed by atoms with Crippen molar-refractivity contribution in [1.82, 2.24) is 10.6 Å². The van der Waals surface area contributed by atoms with E-state index in [0.717, 1.165) is 38.2 Å². The number of guanidine groups is 1. The maximum absolute atomic E-state index is 11.1. The summed E-state index contributed by atoms with van der Waals surface area (Å²) in [5, 5.41) is 6.75. The smallest absolute Gasteiger partial charge is 0.220 e. The minimum atomic E-state index is -0.132. The standard InChI is InChI=1S/C13H24N4O/c1-15-13(17-11-6-7-11)16-8-9-2-4-10(5-3-9)12(14)18/h9-11H,2-8H2,1H3,(H2,14,18)(H2,15,16,17). The van der Waals surface area contributed by atoms with Gasteiger partial charge < -0.3 is 16.4 Å². The molecule has 18 heavy (non-hydrogen) atoms. The minimum Gasteiger partial charge on any atom is -0.369 e. The van der Waals surface area contributed by atoms with Gasteiger partial charge in [-0.1, -0.05) is 0 Å². The molecule has 0 aliphatic heterocycles. The Hall–Kier alpha value is -1.26. The molecule has 2 aliphatic carbocycles. The molecule has 0 heterocycles. The number of nitrogens with one attached hydrogen (secondary N) is 2. The van der Waals surface area contributed by atoms with E-state index in [9.17, 15) is 4.79 Å². The molecule has 102 valence electrons. The van der Waals surface area contributed by atoms with Crippen molar-refractivity contribution in [3.05, 3.63) is 0 Å². The van der Waals surface area contributed by atoms with Crippen LogP contribution in [0.1, 0.15) is 38.5 Å². The predicted molar refractivity (Wildman–Crippen MR) is 72.2 cm³/mol. The molecule has 0 unspecified atom stereocenters. The Balaban J connectivity index is 1.66. The molecule has 0 saturated heterocycles. The zero-order chi connectivity index (χ0) is 13.0. The fourth-order valence-corrected chi connectivity index (χ4v) is 2.51. The Bertz CT molecular complexity index is 317. The first-order chi connectivity index (χ1) is 8.69. The number of nitrogens with zero attached hydrogens (tertiary/aromatic N) is 1. The zero-order valence-electron chi connectivity index (χ0n) is 11.1. The molecule has 0 aromatic heterocycles. The molecular weight excluding hydrogens is 228 g/mol. The molecule has 2 rings (SSSR count). The van der Waals surface area contributed by atoms with Crippen molar-refractivity contribution < 1.29 is 4.79 Å². The average molecular weight is 252 g/mol. The first kappa shape index (κ1) is 13.2. The summed E-state index contributed by atoms with van der Waals surface area (Å²) in [6.45, 7) is 0.942. The van der Waals surface area contributed by atoms with Crippen LogP contribution in [0.3, 0.4) is 0 Å². The SMILES string of the molecule is CN=C(NCC1CCC(C(N)=O)CC1)NC1CC1. The number of amides is 1. The molecule has 0 atom stereocenters. The largest absolute Gasteiger partial charge is 0.369 e. The monoisotopic (exact) mass is 252 g/mol. The van der Waals surface area contributed by atoms with Crippen LogP contribution < -0.4 is 16.4 Å². The molecule has 5 heteroatoms. The highest BCUT2D eigenvalue weighted by molar-refractivity contribution is 5.80. The molecule has 0 radical (unpaired) electrons. The molecule has 0 spiro atoms. The Morgan fingerprint density at radius 2 is 1.89 bits per heavy atom. The van der Waals surface area contributed by atoms with E-state index >= 15 is 0 Å². The van der Waals surface area contributed by atoms with Crippen molar-refractivity contribution in [1.29, 1.82) is 0 Å². The highest BCUT2D eigenvalue weighted by Crippen LogP contribution is 2.28. The molecule has 4 N–H and O–H groups in total. The second-order valence-electron chi connectivity index (χ2n) is 5.49. The summed E-state index contributed by atoms with van der Waals surface area (Å²) in [5.74, 6) is 1.52. The summed E-state index contributed by atoms with van der Waals surface area (Å²) < 4.78 is 0. The third-order valence-corrected chi connectivity index (χ3v) is 3.95. The lowest BCUT2D eigenvalue weighted by Gasteiger charge is -2.27. The lowest BCUT2D eigenvalue weighted by atomic mass is 9.82. The van der Waals surface area contributed by atoms with E-state index in [-0.39, 0.29) is 11.8 Å². The Labute approximate surface area is 109 Å². The van der Waals surface area contributed by atoms with Gasteiger partial charge in [-0.05, 0) is 44.4 Å². The summed E-state index contributed by atoms with van der Waals surface area (Å²) in [6, 6.07) is 0.627. The van der Waals surface area contributed by atoms with Crippen LogP contribution in [-0.4, -0.2) is 31.5 Å². The Morgan fingerprint density at radius 1 is 1.22 bits per heavy atom. The molecule has 2 saturated carbocycles. The Morgan fingerprint density at radius 3 is 2.39 bits per heavy atom. The maximum Gasteiger partial charge on any atom is 0.220 e. The van der Waals surface area contributed by atoms with Crippen molar-refractivity contribution in [3.63, 3.8) is 0 Å². The third kappa shape index (κ3) is 3.89. The summed E-state index contributed by atoms with van der Waals surface area (Å²) in [4.78, 5) is 15.3. The molecule has 5 nitrogen and oxygen atoms in total. The number of nitrogens with two attached hydrogens (primary N) is 1. The molecule has 1 amide bonds. The van der Waals surface area contributed by atoms with E-state index in [2.05, 4.69) is 15.6 Å². The molecular formula is C13H24N4O. The number of carbonyl (C=O) groups is 1. The van der Waals surface area contributed by atoms with Crippen molar-refractivity contribution in [2.75, 3.05) is 13.6 Å².